The summed E-state index contributed by atoms with van der Waals surface area (Å²) in [5, 5.41) is 12.5. The molecular formula is C16H19N6-. The lowest BCUT2D eigenvalue weighted by molar-refractivity contribution is 0.187. The molecule has 1 aliphatic heterocycles. The smallest absolute Gasteiger partial charge is 0.0661 e. The molecule has 0 saturated carbocycles. The van der Waals surface area contributed by atoms with E-state index in [2.05, 4.69) is 43.0 Å². The highest BCUT2D eigenvalue weighted by atomic mass is 15.3. The molecule has 0 amide bonds. The first-order valence-electron chi connectivity index (χ1n) is 7.84. The number of likely N-dealkylation sites (tertiary alicyclic amines) is 1. The Hall–Kier alpha value is -2.21. The molecule has 4 rings (SSSR count). The van der Waals surface area contributed by atoms with Crippen molar-refractivity contribution in [3.05, 3.63) is 30.9 Å². The van der Waals surface area contributed by atoms with E-state index in [1.54, 1.807) is 6.20 Å². The van der Waals surface area contributed by atoms with Gasteiger partial charge in [0.05, 0.1) is 23.3 Å². The number of hydrogen-bond donors (Lipinski definition) is 0. The van der Waals surface area contributed by atoms with Crippen LogP contribution in [0.2, 0.25) is 0 Å². The molecule has 0 bridgehead atoms. The van der Waals surface area contributed by atoms with Crippen LogP contribution in [0.25, 0.3) is 22.2 Å². The molecule has 114 valence electrons. The molecule has 0 radical (unpaired) electrons. The molecule has 1 aliphatic rings. The van der Waals surface area contributed by atoms with Gasteiger partial charge in [-0.25, -0.2) is 0 Å². The predicted octanol–water partition coefficient (Wildman–Crippen LogP) is 2.11. The summed E-state index contributed by atoms with van der Waals surface area (Å²) in [6, 6.07) is 2.53. The second-order valence-corrected chi connectivity index (χ2v) is 5.85. The molecule has 1 saturated heterocycles. The Labute approximate surface area is 129 Å². The molecule has 0 atom stereocenters. The molecular weight excluding hydrogens is 276 g/mol. The first-order valence-corrected chi connectivity index (χ1v) is 7.84. The maximum Gasteiger partial charge on any atom is 0.0661 e. The van der Waals surface area contributed by atoms with Gasteiger partial charge in [0, 0.05) is 36.6 Å². The topological polar surface area (TPSA) is 60.9 Å². The minimum Gasteiger partial charge on any atom is -0.579 e. The lowest BCUT2D eigenvalue weighted by Gasteiger charge is -2.31. The standard InChI is InChI=1S/C16H19N6/c1-2-21-5-3-14(4-6-21)22-11-13(9-19-22)12-7-15-16(17-8-12)10-18-20-15/h7-11,14H,2-6H2,1H3/q-1. The van der Waals surface area contributed by atoms with Crippen LogP contribution in [-0.2, 0) is 0 Å². The van der Waals surface area contributed by atoms with Crippen molar-refractivity contribution in [2.45, 2.75) is 25.8 Å². The van der Waals surface area contributed by atoms with Gasteiger partial charge in [-0.15, -0.1) is 6.20 Å². The third-order valence-corrected chi connectivity index (χ3v) is 4.56. The van der Waals surface area contributed by atoms with Crippen LogP contribution in [0.5, 0.6) is 0 Å². The van der Waals surface area contributed by atoms with Crippen molar-refractivity contribution < 1.29 is 0 Å². The molecule has 0 unspecified atom stereocenters. The normalized spacial score (nSPS) is 17.3. The largest absolute Gasteiger partial charge is 0.579 e. The molecule has 3 aromatic heterocycles. The fourth-order valence-electron chi connectivity index (χ4n) is 3.13. The van der Waals surface area contributed by atoms with Gasteiger partial charge < -0.3 is 15.1 Å². The van der Waals surface area contributed by atoms with Gasteiger partial charge >= 0.3 is 0 Å². The van der Waals surface area contributed by atoms with Gasteiger partial charge in [-0.1, -0.05) is 6.92 Å². The first kappa shape index (κ1) is 13.5. The second kappa shape index (κ2) is 5.53. The van der Waals surface area contributed by atoms with E-state index < -0.39 is 0 Å². The summed E-state index contributed by atoms with van der Waals surface area (Å²) in [5.41, 5.74) is 3.81. The number of fused-ring (bicyclic) bond motifs is 1. The third kappa shape index (κ3) is 2.39. The zero-order valence-corrected chi connectivity index (χ0v) is 12.7. The SMILES string of the molecule is CCN1CCC(n2cc(-c3cnc4c[n-]nc4c3)cn2)CC1. The van der Waals surface area contributed by atoms with E-state index >= 15 is 0 Å². The molecule has 0 spiro atoms. The molecule has 4 heterocycles. The van der Waals surface area contributed by atoms with Gasteiger partial charge in [-0.2, -0.15) is 5.10 Å². The van der Waals surface area contributed by atoms with Crippen LogP contribution < -0.4 is 5.10 Å². The quantitative estimate of drug-likeness (QED) is 0.740. The third-order valence-electron chi connectivity index (χ3n) is 4.56. The summed E-state index contributed by atoms with van der Waals surface area (Å²) >= 11 is 0. The Morgan fingerprint density at radius 1 is 1.18 bits per heavy atom. The van der Waals surface area contributed by atoms with Crippen molar-refractivity contribution in [3.8, 4) is 11.1 Å². The van der Waals surface area contributed by atoms with Gasteiger partial charge in [-0.05, 0) is 25.5 Å². The van der Waals surface area contributed by atoms with E-state index in [0.29, 0.717) is 6.04 Å². The fourth-order valence-corrected chi connectivity index (χ4v) is 3.13. The Morgan fingerprint density at radius 3 is 2.86 bits per heavy atom. The summed E-state index contributed by atoms with van der Waals surface area (Å²) in [7, 11) is 0. The Bertz CT molecular complexity index is 766. The number of piperidine rings is 1. The summed E-state index contributed by atoms with van der Waals surface area (Å²) in [5.74, 6) is 0. The first-order chi connectivity index (χ1) is 10.8. The number of aromatic nitrogens is 5. The Balaban J connectivity index is 1.56. The molecule has 6 nitrogen and oxygen atoms in total. The van der Waals surface area contributed by atoms with Crippen LogP contribution in [-0.4, -0.2) is 44.4 Å². The van der Waals surface area contributed by atoms with E-state index in [9.17, 15) is 0 Å². The summed E-state index contributed by atoms with van der Waals surface area (Å²) in [6.45, 7) is 5.69. The molecule has 3 aromatic rings. The van der Waals surface area contributed by atoms with Gasteiger partial charge in [0.15, 0.2) is 0 Å². The number of rotatable bonds is 3. The van der Waals surface area contributed by atoms with Crippen LogP contribution in [0.4, 0.5) is 0 Å². The highest BCUT2D eigenvalue weighted by molar-refractivity contribution is 5.79. The van der Waals surface area contributed by atoms with Crippen molar-refractivity contribution in [2.24, 2.45) is 0 Å². The predicted molar refractivity (Wildman–Crippen MR) is 84.5 cm³/mol. The minimum atomic E-state index is 0.506. The number of pyridine rings is 1. The fraction of sp³-hybridized carbons (Fsp3) is 0.438. The second-order valence-electron chi connectivity index (χ2n) is 5.85. The van der Waals surface area contributed by atoms with E-state index in [1.165, 1.54) is 12.8 Å². The van der Waals surface area contributed by atoms with Crippen LogP contribution in [0.1, 0.15) is 25.8 Å². The maximum absolute atomic E-state index is 4.57. The lowest BCUT2D eigenvalue weighted by Crippen LogP contribution is -2.34. The molecule has 22 heavy (non-hydrogen) atoms. The average molecular weight is 295 g/mol. The molecule has 6 heteroatoms. The van der Waals surface area contributed by atoms with E-state index in [-0.39, 0.29) is 0 Å². The average Bonchev–Trinajstić information content (AvgIpc) is 3.23. The molecule has 0 aliphatic carbocycles. The number of nitrogens with zero attached hydrogens (tertiary/aromatic N) is 6. The van der Waals surface area contributed by atoms with Crippen molar-refractivity contribution in [2.75, 3.05) is 19.6 Å². The maximum atomic E-state index is 4.57. The van der Waals surface area contributed by atoms with Gasteiger partial charge in [0.2, 0.25) is 0 Å². The van der Waals surface area contributed by atoms with Crippen LogP contribution >= 0.6 is 0 Å². The van der Waals surface area contributed by atoms with Gasteiger partial charge in [0.25, 0.3) is 0 Å². The highest BCUT2D eigenvalue weighted by Gasteiger charge is 2.20. The van der Waals surface area contributed by atoms with Crippen LogP contribution in [0.15, 0.2) is 30.9 Å². The van der Waals surface area contributed by atoms with E-state index in [1.807, 2.05) is 18.5 Å². The Morgan fingerprint density at radius 2 is 2.05 bits per heavy atom. The van der Waals surface area contributed by atoms with Crippen molar-refractivity contribution in [3.63, 3.8) is 0 Å². The molecule has 1 fully saturated rings. The van der Waals surface area contributed by atoms with Crippen LogP contribution in [0.3, 0.4) is 0 Å². The van der Waals surface area contributed by atoms with Crippen molar-refractivity contribution >= 4 is 11.0 Å². The summed E-state index contributed by atoms with van der Waals surface area (Å²) in [6.07, 6.45) is 9.94. The zero-order valence-electron chi connectivity index (χ0n) is 12.7. The van der Waals surface area contributed by atoms with E-state index in [0.717, 1.165) is 41.8 Å². The summed E-state index contributed by atoms with van der Waals surface area (Å²) < 4.78 is 2.11. The van der Waals surface area contributed by atoms with Crippen molar-refractivity contribution in [1.29, 1.82) is 0 Å². The highest BCUT2D eigenvalue weighted by Crippen LogP contribution is 2.26. The summed E-state index contributed by atoms with van der Waals surface area (Å²) in [4.78, 5) is 6.88. The monoisotopic (exact) mass is 295 g/mol. The van der Waals surface area contributed by atoms with Crippen LogP contribution in [0, 0.1) is 0 Å². The Kier molecular flexibility index (Phi) is 3.38. The van der Waals surface area contributed by atoms with Gasteiger partial charge in [-0.3, -0.25) is 9.67 Å². The molecule has 0 N–H and O–H groups in total. The van der Waals surface area contributed by atoms with E-state index in [4.69, 9.17) is 0 Å². The number of hydrogen-bond acceptors (Lipinski definition) is 4. The van der Waals surface area contributed by atoms with Crippen molar-refractivity contribution in [1.82, 2.24) is 29.9 Å². The van der Waals surface area contributed by atoms with Gasteiger partial charge in [0.1, 0.15) is 0 Å². The molecule has 0 aromatic carbocycles. The minimum absolute atomic E-state index is 0.506. The zero-order chi connectivity index (χ0) is 14.9. The lowest BCUT2D eigenvalue weighted by atomic mass is 10.1.